The molecule has 0 amide bonds. The Morgan fingerprint density at radius 1 is 0.952 bits per heavy atom. The standard InChI is InChI=1S/C38H33N3O/c1-40-19-18-26(32-23-39-32)22-34(40)27-10-6-8-24(20-27)25-9-7-11-28(21-25)41-33-14-4-2-12-29(33)30-16-17-36-37(38(30)41)31-13-3-5-15-35(31)42-36/h2-9,11-18,20-22,27,31-32,35,39H,10,19,23H2,1H3. The highest BCUT2D eigenvalue weighted by Crippen LogP contribution is 2.48. The van der Waals surface area contributed by atoms with Gasteiger partial charge in [0.15, 0.2) is 0 Å². The summed E-state index contributed by atoms with van der Waals surface area (Å²) < 4.78 is 8.91. The van der Waals surface area contributed by atoms with Gasteiger partial charge in [-0.25, -0.2) is 0 Å². The highest BCUT2D eigenvalue weighted by Gasteiger charge is 2.35. The van der Waals surface area contributed by atoms with E-state index in [1.807, 2.05) is 0 Å². The van der Waals surface area contributed by atoms with Crippen LogP contribution in [-0.4, -0.2) is 41.8 Å². The van der Waals surface area contributed by atoms with Gasteiger partial charge in [0.05, 0.1) is 11.0 Å². The maximum atomic E-state index is 6.44. The van der Waals surface area contributed by atoms with Crippen LogP contribution in [0.25, 0.3) is 33.1 Å². The number of hydrogen-bond donors (Lipinski definition) is 1. The molecule has 1 saturated heterocycles. The third kappa shape index (κ3) is 3.72. The van der Waals surface area contributed by atoms with Crippen molar-refractivity contribution in [1.82, 2.24) is 14.8 Å². The molecule has 4 nitrogen and oxygen atoms in total. The molecule has 1 aromatic heterocycles. The van der Waals surface area contributed by atoms with Crippen molar-refractivity contribution < 1.29 is 4.74 Å². The van der Waals surface area contributed by atoms with E-state index in [-0.39, 0.29) is 12.0 Å². The van der Waals surface area contributed by atoms with Crippen LogP contribution in [0.3, 0.4) is 0 Å². The third-order valence-corrected chi connectivity index (χ3v) is 9.57. The lowest BCUT2D eigenvalue weighted by Gasteiger charge is -2.31. The smallest absolute Gasteiger partial charge is 0.128 e. The molecular weight excluding hydrogens is 514 g/mol. The zero-order valence-corrected chi connectivity index (χ0v) is 23.7. The molecule has 4 heterocycles. The number of ether oxygens (including phenoxy) is 1. The number of nitrogens with zero attached hydrogens (tertiary/aromatic N) is 2. The molecule has 4 unspecified atom stereocenters. The van der Waals surface area contributed by atoms with Gasteiger partial charge in [-0.3, -0.25) is 0 Å². The zero-order valence-electron chi connectivity index (χ0n) is 23.7. The van der Waals surface area contributed by atoms with Crippen LogP contribution >= 0.6 is 0 Å². The normalized spacial score (nSPS) is 25.6. The van der Waals surface area contributed by atoms with Crippen molar-refractivity contribution in [3.05, 3.63) is 138 Å². The minimum atomic E-state index is 0.0566. The van der Waals surface area contributed by atoms with Gasteiger partial charge in [0.25, 0.3) is 0 Å². The quantitative estimate of drug-likeness (QED) is 0.270. The number of fused-ring (bicyclic) bond motifs is 7. The number of rotatable bonds is 4. The van der Waals surface area contributed by atoms with Gasteiger partial charge in [-0.05, 0) is 65.6 Å². The number of aromatic nitrogens is 1. The minimum absolute atomic E-state index is 0.0566. The summed E-state index contributed by atoms with van der Waals surface area (Å²) >= 11 is 0. The third-order valence-electron chi connectivity index (χ3n) is 9.57. The molecule has 0 spiro atoms. The predicted molar refractivity (Wildman–Crippen MR) is 172 cm³/mol. The van der Waals surface area contributed by atoms with Crippen LogP contribution in [0.1, 0.15) is 23.5 Å². The van der Waals surface area contributed by atoms with Crippen LogP contribution in [0.15, 0.2) is 127 Å². The van der Waals surface area contributed by atoms with Crippen molar-refractivity contribution in [3.8, 4) is 11.4 Å². The summed E-state index contributed by atoms with van der Waals surface area (Å²) in [5, 5.41) is 6.03. The molecule has 4 atom stereocenters. The van der Waals surface area contributed by atoms with E-state index in [1.165, 1.54) is 55.5 Å². The monoisotopic (exact) mass is 547 g/mol. The molecule has 4 aromatic rings. The molecule has 3 aliphatic heterocycles. The first kappa shape index (κ1) is 24.1. The van der Waals surface area contributed by atoms with Crippen molar-refractivity contribution in [1.29, 1.82) is 0 Å². The van der Waals surface area contributed by atoms with E-state index in [2.05, 4.69) is 137 Å². The molecule has 4 heteroatoms. The van der Waals surface area contributed by atoms with Crippen LogP contribution in [0.2, 0.25) is 0 Å². The Labute approximate surface area is 246 Å². The molecule has 0 saturated carbocycles. The van der Waals surface area contributed by atoms with Crippen LogP contribution < -0.4 is 10.1 Å². The first-order chi connectivity index (χ1) is 20.7. The number of hydrogen-bond acceptors (Lipinski definition) is 3. The molecular formula is C38H33N3O. The Kier molecular flexibility index (Phi) is 5.30. The molecule has 1 fully saturated rings. The summed E-state index contributed by atoms with van der Waals surface area (Å²) in [6.45, 7) is 2.08. The van der Waals surface area contributed by atoms with Crippen molar-refractivity contribution in [3.63, 3.8) is 0 Å². The highest BCUT2D eigenvalue weighted by molar-refractivity contribution is 6.11. The molecule has 0 bridgehead atoms. The van der Waals surface area contributed by atoms with Crippen molar-refractivity contribution >= 4 is 27.4 Å². The van der Waals surface area contributed by atoms with E-state index >= 15 is 0 Å². The molecule has 1 N–H and O–H groups in total. The second-order valence-corrected chi connectivity index (χ2v) is 12.1. The molecule has 3 aromatic carbocycles. The Morgan fingerprint density at radius 3 is 2.79 bits per heavy atom. The Hall–Kier alpha value is -4.54. The maximum absolute atomic E-state index is 6.44. The van der Waals surface area contributed by atoms with Crippen LogP contribution in [0, 0.1) is 5.92 Å². The van der Waals surface area contributed by atoms with Gasteiger partial charge in [-0.2, -0.15) is 0 Å². The highest BCUT2D eigenvalue weighted by atomic mass is 16.5. The molecule has 9 rings (SSSR count). The topological polar surface area (TPSA) is 39.3 Å². The van der Waals surface area contributed by atoms with E-state index in [0.717, 1.165) is 25.3 Å². The molecule has 0 radical (unpaired) electrons. The predicted octanol–water partition coefficient (Wildman–Crippen LogP) is 7.44. The van der Waals surface area contributed by atoms with E-state index in [9.17, 15) is 0 Å². The number of likely N-dealkylation sites (N-methyl/N-ethyl adjacent to an activating group) is 1. The summed E-state index contributed by atoms with van der Waals surface area (Å²) in [7, 11) is 2.22. The van der Waals surface area contributed by atoms with Crippen LogP contribution in [0.4, 0.5) is 0 Å². The van der Waals surface area contributed by atoms with Crippen LogP contribution in [0.5, 0.6) is 5.75 Å². The average molecular weight is 548 g/mol. The SMILES string of the molecule is CN1CC=C(C2CN2)C=C1C1C=C(c2cccc(-n3c4ccccc4c4ccc5c(c43)C3C=CC=CC3O5)c2)C=CC1. The lowest BCUT2D eigenvalue weighted by Crippen LogP contribution is -2.27. The first-order valence-corrected chi connectivity index (χ1v) is 15.2. The first-order valence-electron chi connectivity index (χ1n) is 15.2. The van der Waals surface area contributed by atoms with Gasteiger partial charge in [0, 0.05) is 65.7 Å². The van der Waals surface area contributed by atoms with E-state index in [4.69, 9.17) is 4.74 Å². The summed E-state index contributed by atoms with van der Waals surface area (Å²) in [6, 6.07) is 22.8. The summed E-state index contributed by atoms with van der Waals surface area (Å²) in [4.78, 5) is 2.41. The van der Waals surface area contributed by atoms with Gasteiger partial charge in [0.2, 0.25) is 0 Å². The fraction of sp³-hybridized carbons (Fsp3) is 0.211. The lowest BCUT2D eigenvalue weighted by molar-refractivity contribution is 0.269. The summed E-state index contributed by atoms with van der Waals surface area (Å²) in [6.07, 6.45) is 21.8. The van der Waals surface area contributed by atoms with Gasteiger partial charge in [0.1, 0.15) is 11.9 Å². The summed E-state index contributed by atoms with van der Waals surface area (Å²) in [5.41, 5.74) is 10.4. The van der Waals surface area contributed by atoms with Crippen molar-refractivity contribution in [2.24, 2.45) is 5.92 Å². The second kappa shape index (κ2) is 9.23. The van der Waals surface area contributed by atoms with Gasteiger partial charge in [-0.15, -0.1) is 0 Å². The molecule has 206 valence electrons. The summed E-state index contributed by atoms with van der Waals surface area (Å²) in [5.74, 6) is 1.59. The van der Waals surface area contributed by atoms with Gasteiger partial charge >= 0.3 is 0 Å². The molecule has 2 aliphatic carbocycles. The second-order valence-electron chi connectivity index (χ2n) is 12.1. The Bertz CT molecular complexity index is 1960. The van der Waals surface area contributed by atoms with Gasteiger partial charge in [-0.1, -0.05) is 72.9 Å². The minimum Gasteiger partial charge on any atom is -0.485 e. The number of benzene rings is 3. The number of nitrogens with one attached hydrogen (secondary N) is 1. The molecule has 5 aliphatic rings. The van der Waals surface area contributed by atoms with Crippen LogP contribution in [-0.2, 0) is 0 Å². The Morgan fingerprint density at radius 2 is 1.86 bits per heavy atom. The van der Waals surface area contributed by atoms with E-state index in [1.54, 1.807) is 0 Å². The number of allylic oxidation sites excluding steroid dienone is 6. The largest absolute Gasteiger partial charge is 0.485 e. The zero-order chi connectivity index (χ0) is 27.8. The van der Waals surface area contributed by atoms with Crippen molar-refractivity contribution in [2.75, 3.05) is 20.1 Å². The lowest BCUT2D eigenvalue weighted by atomic mass is 9.87. The fourth-order valence-corrected chi connectivity index (χ4v) is 7.38. The number of para-hydroxylation sites is 1. The van der Waals surface area contributed by atoms with E-state index < -0.39 is 0 Å². The van der Waals surface area contributed by atoms with Gasteiger partial charge < -0.3 is 19.5 Å². The Balaban J connectivity index is 1.18. The molecule has 42 heavy (non-hydrogen) atoms. The fourth-order valence-electron chi connectivity index (χ4n) is 7.38. The average Bonchev–Trinajstić information content (AvgIpc) is 3.74. The van der Waals surface area contributed by atoms with E-state index in [0.29, 0.717) is 12.0 Å². The maximum Gasteiger partial charge on any atom is 0.128 e. The van der Waals surface area contributed by atoms with Crippen molar-refractivity contribution in [2.45, 2.75) is 24.5 Å².